The number of rotatable bonds is 3. The van der Waals surface area contributed by atoms with E-state index in [0.29, 0.717) is 25.2 Å². The van der Waals surface area contributed by atoms with E-state index < -0.39 is 5.91 Å². The van der Waals surface area contributed by atoms with E-state index in [2.05, 4.69) is 5.16 Å². The van der Waals surface area contributed by atoms with Crippen molar-refractivity contribution in [1.29, 1.82) is 0 Å². The predicted molar refractivity (Wildman–Crippen MR) is 45.5 cm³/mol. The van der Waals surface area contributed by atoms with Gasteiger partial charge in [0.2, 0.25) is 6.29 Å². The van der Waals surface area contributed by atoms with Crippen LogP contribution in [0.25, 0.3) is 0 Å². The summed E-state index contributed by atoms with van der Waals surface area (Å²) < 4.78 is 5.15. The third-order valence-corrected chi connectivity index (χ3v) is 1.64. The highest BCUT2D eigenvalue weighted by atomic mass is 16.8. The van der Waals surface area contributed by atoms with Gasteiger partial charge in [-0.05, 0) is 6.92 Å². The molecule has 3 N–H and O–H groups in total. The van der Waals surface area contributed by atoms with Gasteiger partial charge in [-0.1, -0.05) is 5.16 Å². The van der Waals surface area contributed by atoms with Crippen LogP contribution in [0.3, 0.4) is 0 Å². The first-order valence-electron chi connectivity index (χ1n) is 4.13. The normalized spacial score (nSPS) is 21.7. The van der Waals surface area contributed by atoms with Crippen LogP contribution in [0.5, 0.6) is 0 Å². The zero-order chi connectivity index (χ0) is 9.68. The van der Waals surface area contributed by atoms with Crippen LogP contribution in [0, 0.1) is 0 Å². The monoisotopic (exact) mass is 187 g/mol. The van der Waals surface area contributed by atoms with Crippen LogP contribution < -0.4 is 11.3 Å². The first-order chi connectivity index (χ1) is 6.27. The van der Waals surface area contributed by atoms with Gasteiger partial charge in [0.25, 0.3) is 5.91 Å². The highest BCUT2D eigenvalue weighted by molar-refractivity contribution is 6.38. The molecular weight excluding hydrogens is 174 g/mol. The maximum absolute atomic E-state index is 10.9. The summed E-state index contributed by atoms with van der Waals surface area (Å²) in [6, 6.07) is 0. The van der Waals surface area contributed by atoms with Gasteiger partial charge < -0.3 is 9.57 Å². The fraction of sp³-hybridized carbons (Fsp3) is 0.714. The molecule has 1 aliphatic heterocycles. The number of carbonyl (C=O) groups is 1. The van der Waals surface area contributed by atoms with Gasteiger partial charge in [-0.15, -0.1) is 0 Å². The lowest BCUT2D eigenvalue weighted by atomic mass is 10.2. The summed E-state index contributed by atoms with van der Waals surface area (Å²) in [6.07, 6.45) is 0.813. The zero-order valence-electron chi connectivity index (χ0n) is 7.45. The molecule has 6 heteroatoms. The number of oxime groups is 1. The van der Waals surface area contributed by atoms with Crippen molar-refractivity contribution in [3.8, 4) is 0 Å². The topological polar surface area (TPSA) is 85.9 Å². The molecule has 13 heavy (non-hydrogen) atoms. The largest absolute Gasteiger partial charge is 0.363 e. The molecule has 1 rings (SSSR count). The fourth-order valence-corrected chi connectivity index (χ4v) is 1.01. The van der Waals surface area contributed by atoms with E-state index in [1.165, 1.54) is 0 Å². The van der Waals surface area contributed by atoms with E-state index in [9.17, 15) is 4.79 Å². The van der Waals surface area contributed by atoms with Gasteiger partial charge in [0.15, 0.2) is 0 Å². The lowest BCUT2D eigenvalue weighted by molar-refractivity contribution is -0.148. The Morgan fingerprint density at radius 1 is 1.92 bits per heavy atom. The summed E-state index contributed by atoms with van der Waals surface area (Å²) in [5.74, 6) is 4.52. The molecule has 0 aromatic carbocycles. The van der Waals surface area contributed by atoms with Crippen LogP contribution in [0.4, 0.5) is 0 Å². The minimum Gasteiger partial charge on any atom is -0.363 e. The number of hydrazine groups is 1. The number of carbonyl (C=O) groups excluding carboxylic acids is 1. The van der Waals surface area contributed by atoms with E-state index in [0.717, 1.165) is 0 Å². The molecule has 0 spiro atoms. The summed E-state index contributed by atoms with van der Waals surface area (Å²) >= 11 is 0. The van der Waals surface area contributed by atoms with Crippen molar-refractivity contribution in [1.82, 2.24) is 5.43 Å². The van der Waals surface area contributed by atoms with Gasteiger partial charge in [-0.2, -0.15) is 0 Å². The third-order valence-electron chi connectivity index (χ3n) is 1.64. The van der Waals surface area contributed by atoms with Crippen LogP contribution in [-0.2, 0) is 14.4 Å². The second-order valence-corrected chi connectivity index (χ2v) is 2.54. The number of hydrogen-bond acceptors (Lipinski definition) is 5. The predicted octanol–water partition coefficient (Wildman–Crippen LogP) is -0.495. The molecule has 0 saturated carbocycles. The van der Waals surface area contributed by atoms with Gasteiger partial charge in [-0.25, -0.2) is 5.84 Å². The number of nitrogens with zero attached hydrogens (tertiary/aromatic N) is 1. The van der Waals surface area contributed by atoms with Gasteiger partial charge in [-0.3, -0.25) is 10.2 Å². The molecule has 1 heterocycles. The van der Waals surface area contributed by atoms with Crippen molar-refractivity contribution in [2.75, 3.05) is 6.61 Å². The second-order valence-electron chi connectivity index (χ2n) is 2.54. The molecule has 74 valence electrons. The van der Waals surface area contributed by atoms with E-state index in [1.807, 2.05) is 12.3 Å². The fourth-order valence-electron chi connectivity index (χ4n) is 1.01. The molecule has 0 aromatic rings. The Morgan fingerprint density at radius 2 is 2.69 bits per heavy atom. The highest BCUT2D eigenvalue weighted by Crippen LogP contribution is 2.12. The molecule has 1 amide bonds. The van der Waals surface area contributed by atoms with Crippen molar-refractivity contribution < 1.29 is 14.4 Å². The molecule has 0 aromatic heterocycles. The Morgan fingerprint density at radius 3 is 3.15 bits per heavy atom. The molecule has 0 aliphatic carbocycles. The Balaban J connectivity index is 2.43. The van der Waals surface area contributed by atoms with E-state index in [4.69, 9.17) is 15.4 Å². The van der Waals surface area contributed by atoms with Gasteiger partial charge in [0, 0.05) is 19.4 Å². The quantitative estimate of drug-likeness (QED) is 0.354. The highest BCUT2D eigenvalue weighted by Gasteiger charge is 2.21. The second kappa shape index (κ2) is 4.78. The minimum atomic E-state index is -0.407. The zero-order valence-corrected chi connectivity index (χ0v) is 7.45. The Labute approximate surface area is 76.0 Å². The molecule has 6 nitrogen and oxygen atoms in total. The molecule has 0 radical (unpaired) electrons. The summed E-state index contributed by atoms with van der Waals surface area (Å²) in [5, 5.41) is 3.60. The Hall–Kier alpha value is -1.14. The standard InChI is InChI=1S/C7H13N3O3/c1-2-12-6-4-3-5(10-13-6)7(11)9-8/h6H,2-4,8H2,1H3,(H,9,11). The number of nitrogens with two attached hydrogens (primary N) is 1. The summed E-state index contributed by atoms with van der Waals surface area (Å²) in [5.41, 5.74) is 2.30. The average molecular weight is 187 g/mol. The molecule has 1 atom stereocenters. The SMILES string of the molecule is CCOC1CCC(C(=O)NN)=NO1. The number of ether oxygens (including phenoxy) is 1. The van der Waals surface area contributed by atoms with Gasteiger partial charge in [0.05, 0.1) is 0 Å². The maximum atomic E-state index is 10.9. The third kappa shape index (κ3) is 2.67. The first kappa shape index (κ1) is 9.94. The first-order valence-corrected chi connectivity index (χ1v) is 4.13. The van der Waals surface area contributed by atoms with Crippen LogP contribution in [-0.4, -0.2) is 24.5 Å². The van der Waals surface area contributed by atoms with E-state index in [-0.39, 0.29) is 6.29 Å². The maximum Gasteiger partial charge on any atom is 0.282 e. The van der Waals surface area contributed by atoms with E-state index >= 15 is 0 Å². The number of amides is 1. The van der Waals surface area contributed by atoms with Crippen molar-refractivity contribution in [2.24, 2.45) is 11.0 Å². The number of hydrogen-bond donors (Lipinski definition) is 2. The van der Waals surface area contributed by atoms with Crippen molar-refractivity contribution in [2.45, 2.75) is 26.1 Å². The van der Waals surface area contributed by atoms with Crippen LogP contribution in [0.2, 0.25) is 0 Å². The molecule has 0 saturated heterocycles. The molecule has 0 bridgehead atoms. The molecule has 1 unspecified atom stereocenters. The smallest absolute Gasteiger partial charge is 0.282 e. The van der Waals surface area contributed by atoms with Crippen LogP contribution >= 0.6 is 0 Å². The average Bonchev–Trinajstić information content (AvgIpc) is 2.18. The van der Waals surface area contributed by atoms with Crippen LogP contribution in [0.1, 0.15) is 19.8 Å². The summed E-state index contributed by atoms with van der Waals surface area (Å²) in [7, 11) is 0. The molecular formula is C7H13N3O3. The lowest BCUT2D eigenvalue weighted by Gasteiger charge is -2.19. The van der Waals surface area contributed by atoms with Crippen molar-refractivity contribution in [3.63, 3.8) is 0 Å². The van der Waals surface area contributed by atoms with Gasteiger partial charge in [0.1, 0.15) is 5.71 Å². The number of nitrogens with one attached hydrogen (secondary N) is 1. The molecule has 0 fully saturated rings. The van der Waals surface area contributed by atoms with Crippen molar-refractivity contribution >= 4 is 11.6 Å². The van der Waals surface area contributed by atoms with Crippen molar-refractivity contribution in [3.05, 3.63) is 0 Å². The lowest BCUT2D eigenvalue weighted by Crippen LogP contribution is -2.38. The molecule has 1 aliphatic rings. The van der Waals surface area contributed by atoms with E-state index in [1.54, 1.807) is 0 Å². The summed E-state index contributed by atoms with van der Waals surface area (Å²) in [4.78, 5) is 15.8. The van der Waals surface area contributed by atoms with Crippen LogP contribution in [0.15, 0.2) is 5.16 Å². The minimum absolute atomic E-state index is 0.304. The Bertz CT molecular complexity index is 217. The summed E-state index contributed by atoms with van der Waals surface area (Å²) in [6.45, 7) is 2.44. The Kier molecular flexibility index (Phi) is 3.66. The van der Waals surface area contributed by atoms with Gasteiger partial charge >= 0.3 is 0 Å².